The summed E-state index contributed by atoms with van der Waals surface area (Å²) in [7, 11) is 0. The van der Waals surface area contributed by atoms with Crippen LogP contribution in [0.4, 0.5) is 5.69 Å². The maximum atomic E-state index is 12.0. The Morgan fingerprint density at radius 1 is 1.30 bits per heavy atom. The fourth-order valence-corrected chi connectivity index (χ4v) is 2.51. The summed E-state index contributed by atoms with van der Waals surface area (Å²) >= 11 is 11.7. The van der Waals surface area contributed by atoms with Crippen molar-refractivity contribution in [3.63, 3.8) is 0 Å². The summed E-state index contributed by atoms with van der Waals surface area (Å²) in [4.78, 5) is 16.3. The smallest absolute Gasteiger partial charge is 0.262 e. The van der Waals surface area contributed by atoms with Crippen LogP contribution in [0.1, 0.15) is 11.3 Å². The summed E-state index contributed by atoms with van der Waals surface area (Å²) in [5.41, 5.74) is 2.64. The number of rotatable bonds is 4. The highest BCUT2D eigenvalue weighted by molar-refractivity contribution is 6.42. The Bertz CT molecular complexity index is 737. The van der Waals surface area contributed by atoms with Gasteiger partial charge in [0.15, 0.2) is 6.61 Å². The van der Waals surface area contributed by atoms with Crippen LogP contribution in [0.2, 0.25) is 10.0 Å². The lowest BCUT2D eigenvalue weighted by atomic mass is 10.1. The Kier molecular flexibility index (Phi) is 5.00. The molecule has 120 valence electrons. The van der Waals surface area contributed by atoms with E-state index in [1.54, 1.807) is 24.4 Å². The SMILES string of the molecule is O=C(COc1ccc(Cl)c(Cl)c1)Nc1cnc2c(c1)COCC2. The molecule has 0 bridgehead atoms. The molecule has 1 aromatic carbocycles. The minimum Gasteiger partial charge on any atom is -0.484 e. The monoisotopic (exact) mass is 352 g/mol. The summed E-state index contributed by atoms with van der Waals surface area (Å²) in [6.07, 6.45) is 2.44. The molecular weight excluding hydrogens is 339 g/mol. The molecule has 23 heavy (non-hydrogen) atoms. The first kappa shape index (κ1) is 16.1. The highest BCUT2D eigenvalue weighted by Gasteiger charge is 2.12. The van der Waals surface area contributed by atoms with Crippen molar-refractivity contribution >= 4 is 34.8 Å². The first-order valence-electron chi connectivity index (χ1n) is 7.05. The Morgan fingerprint density at radius 2 is 2.17 bits per heavy atom. The van der Waals surface area contributed by atoms with E-state index in [-0.39, 0.29) is 12.5 Å². The van der Waals surface area contributed by atoms with Gasteiger partial charge in [0.2, 0.25) is 0 Å². The standard InChI is InChI=1S/C16H14Cl2N2O3/c17-13-2-1-12(6-14(13)18)23-9-16(21)20-11-5-10-8-22-4-3-15(10)19-7-11/h1-2,5-7H,3-4,8-9H2,(H,20,21). The lowest BCUT2D eigenvalue weighted by Gasteiger charge is -2.16. The third kappa shape index (κ3) is 4.13. The molecule has 1 N–H and O–H groups in total. The van der Waals surface area contributed by atoms with Crippen LogP contribution in [0.15, 0.2) is 30.5 Å². The van der Waals surface area contributed by atoms with Gasteiger partial charge in [0.05, 0.1) is 35.1 Å². The van der Waals surface area contributed by atoms with Gasteiger partial charge in [-0.15, -0.1) is 0 Å². The lowest BCUT2D eigenvalue weighted by molar-refractivity contribution is -0.118. The highest BCUT2D eigenvalue weighted by Crippen LogP contribution is 2.26. The van der Waals surface area contributed by atoms with Gasteiger partial charge in [-0.1, -0.05) is 23.2 Å². The van der Waals surface area contributed by atoms with Crippen molar-refractivity contribution in [1.29, 1.82) is 0 Å². The highest BCUT2D eigenvalue weighted by atomic mass is 35.5. The van der Waals surface area contributed by atoms with Crippen LogP contribution in [-0.2, 0) is 22.6 Å². The fourth-order valence-electron chi connectivity index (χ4n) is 2.22. The molecule has 0 unspecified atom stereocenters. The van der Waals surface area contributed by atoms with Crippen molar-refractivity contribution in [2.24, 2.45) is 0 Å². The van der Waals surface area contributed by atoms with Gasteiger partial charge in [0.1, 0.15) is 5.75 Å². The Hall–Kier alpha value is -1.82. The van der Waals surface area contributed by atoms with Gasteiger partial charge in [-0.3, -0.25) is 9.78 Å². The Morgan fingerprint density at radius 3 is 3.00 bits per heavy atom. The summed E-state index contributed by atoms with van der Waals surface area (Å²) in [5, 5.41) is 3.56. The number of carbonyl (C=O) groups is 1. The molecule has 3 rings (SSSR count). The number of aromatic nitrogens is 1. The number of hydrogen-bond donors (Lipinski definition) is 1. The zero-order valence-corrected chi connectivity index (χ0v) is 13.7. The largest absolute Gasteiger partial charge is 0.484 e. The van der Waals surface area contributed by atoms with Gasteiger partial charge in [-0.25, -0.2) is 0 Å². The van der Waals surface area contributed by atoms with E-state index in [0.29, 0.717) is 34.7 Å². The molecule has 1 amide bonds. The van der Waals surface area contributed by atoms with Crippen LogP contribution in [-0.4, -0.2) is 24.1 Å². The molecule has 0 saturated carbocycles. The molecule has 0 spiro atoms. The van der Waals surface area contributed by atoms with E-state index >= 15 is 0 Å². The number of hydrogen-bond acceptors (Lipinski definition) is 4. The fraction of sp³-hybridized carbons (Fsp3) is 0.250. The number of carbonyl (C=O) groups excluding carboxylic acids is 1. The number of pyridine rings is 1. The van der Waals surface area contributed by atoms with Gasteiger partial charge in [-0.2, -0.15) is 0 Å². The van der Waals surface area contributed by atoms with Crippen LogP contribution < -0.4 is 10.1 Å². The van der Waals surface area contributed by atoms with E-state index in [9.17, 15) is 4.79 Å². The molecule has 2 aromatic rings. The third-order valence-corrected chi connectivity index (χ3v) is 4.08. The number of nitrogens with zero attached hydrogens (tertiary/aromatic N) is 1. The quantitative estimate of drug-likeness (QED) is 0.914. The molecule has 7 heteroatoms. The van der Waals surface area contributed by atoms with E-state index in [0.717, 1.165) is 17.7 Å². The maximum absolute atomic E-state index is 12.0. The van der Waals surface area contributed by atoms with Crippen molar-refractivity contribution in [2.75, 3.05) is 18.5 Å². The van der Waals surface area contributed by atoms with E-state index in [4.69, 9.17) is 32.7 Å². The minimum absolute atomic E-state index is 0.133. The summed E-state index contributed by atoms with van der Waals surface area (Å²) in [5.74, 6) is 0.195. The van der Waals surface area contributed by atoms with Crippen molar-refractivity contribution in [2.45, 2.75) is 13.0 Å². The second-order valence-corrected chi connectivity index (χ2v) is 5.86. The molecule has 1 aliphatic heterocycles. The lowest BCUT2D eigenvalue weighted by Crippen LogP contribution is -2.21. The Labute approximate surface area is 143 Å². The van der Waals surface area contributed by atoms with E-state index in [1.807, 2.05) is 6.07 Å². The number of halogens is 2. The maximum Gasteiger partial charge on any atom is 0.262 e. The van der Waals surface area contributed by atoms with Gasteiger partial charge in [0, 0.05) is 23.7 Å². The summed E-state index contributed by atoms with van der Waals surface area (Å²) < 4.78 is 10.8. The molecule has 1 aromatic heterocycles. The van der Waals surface area contributed by atoms with E-state index < -0.39 is 0 Å². The molecule has 2 heterocycles. The minimum atomic E-state index is -0.283. The van der Waals surface area contributed by atoms with Crippen LogP contribution in [0.3, 0.4) is 0 Å². The first-order chi connectivity index (χ1) is 11.1. The summed E-state index contributed by atoms with van der Waals surface area (Å²) in [6, 6.07) is 6.71. The van der Waals surface area contributed by atoms with Gasteiger partial charge in [0.25, 0.3) is 5.91 Å². The van der Waals surface area contributed by atoms with Crippen LogP contribution in [0.25, 0.3) is 0 Å². The zero-order valence-electron chi connectivity index (χ0n) is 12.1. The topological polar surface area (TPSA) is 60.5 Å². The second-order valence-electron chi connectivity index (χ2n) is 5.05. The van der Waals surface area contributed by atoms with E-state index in [1.165, 1.54) is 0 Å². The second kappa shape index (κ2) is 7.17. The molecule has 5 nitrogen and oxygen atoms in total. The average molecular weight is 353 g/mol. The van der Waals surface area contributed by atoms with Crippen LogP contribution >= 0.6 is 23.2 Å². The normalized spacial score (nSPS) is 13.3. The van der Waals surface area contributed by atoms with Gasteiger partial charge < -0.3 is 14.8 Å². The summed E-state index contributed by atoms with van der Waals surface area (Å²) in [6.45, 7) is 1.07. The van der Waals surface area contributed by atoms with Crippen LogP contribution in [0, 0.1) is 0 Å². The van der Waals surface area contributed by atoms with E-state index in [2.05, 4.69) is 10.3 Å². The van der Waals surface area contributed by atoms with Crippen molar-refractivity contribution in [1.82, 2.24) is 4.98 Å². The third-order valence-electron chi connectivity index (χ3n) is 3.35. The predicted octanol–water partition coefficient (Wildman–Crippen LogP) is 3.48. The number of anilines is 1. The number of amides is 1. The molecule has 0 radical (unpaired) electrons. The zero-order chi connectivity index (χ0) is 16.2. The number of nitrogens with one attached hydrogen (secondary N) is 1. The predicted molar refractivity (Wildman–Crippen MR) is 88.2 cm³/mol. The average Bonchev–Trinajstić information content (AvgIpc) is 2.56. The molecule has 1 aliphatic rings. The number of ether oxygens (including phenoxy) is 2. The number of benzene rings is 1. The number of fused-ring (bicyclic) bond motifs is 1. The Balaban J connectivity index is 1.57. The van der Waals surface area contributed by atoms with Crippen molar-refractivity contribution < 1.29 is 14.3 Å². The molecule has 0 aliphatic carbocycles. The molecule has 0 fully saturated rings. The van der Waals surface area contributed by atoms with Crippen LogP contribution in [0.5, 0.6) is 5.75 Å². The molecular formula is C16H14Cl2N2O3. The van der Waals surface area contributed by atoms with Crippen molar-refractivity contribution in [3.05, 3.63) is 51.8 Å². The molecule has 0 atom stereocenters. The van der Waals surface area contributed by atoms with Gasteiger partial charge in [-0.05, 0) is 18.2 Å². The van der Waals surface area contributed by atoms with Gasteiger partial charge >= 0.3 is 0 Å². The van der Waals surface area contributed by atoms with Crippen molar-refractivity contribution in [3.8, 4) is 5.75 Å². The molecule has 0 saturated heterocycles. The first-order valence-corrected chi connectivity index (χ1v) is 7.80.